The van der Waals surface area contributed by atoms with Crippen molar-refractivity contribution >= 4 is 5.91 Å². The number of hydrogen-bond acceptors (Lipinski definition) is 2. The molecular formula is C19H19F3N2O. The molecule has 0 unspecified atom stereocenters. The number of hydrogen-bond donors (Lipinski definition) is 1. The van der Waals surface area contributed by atoms with Crippen LogP contribution in [0.2, 0.25) is 0 Å². The van der Waals surface area contributed by atoms with Gasteiger partial charge in [0.05, 0.1) is 0 Å². The van der Waals surface area contributed by atoms with E-state index >= 15 is 0 Å². The van der Waals surface area contributed by atoms with E-state index in [4.69, 9.17) is 5.73 Å². The second kappa shape index (κ2) is 6.52. The molecular weight excluding hydrogens is 329 g/mol. The van der Waals surface area contributed by atoms with E-state index in [-0.39, 0.29) is 18.7 Å². The van der Waals surface area contributed by atoms with Gasteiger partial charge in [-0.1, -0.05) is 42.0 Å². The highest BCUT2D eigenvalue weighted by atomic mass is 19.3. The van der Waals surface area contributed by atoms with Gasteiger partial charge in [0.25, 0.3) is 5.91 Å². The van der Waals surface area contributed by atoms with E-state index in [9.17, 15) is 18.0 Å². The smallest absolute Gasteiger partial charge is 0.335 e. The Morgan fingerprint density at radius 2 is 1.88 bits per heavy atom. The van der Waals surface area contributed by atoms with Gasteiger partial charge in [-0.05, 0) is 24.6 Å². The fraction of sp³-hybridized carbons (Fsp3) is 0.316. The number of halogens is 3. The first kappa shape index (κ1) is 17.5. The van der Waals surface area contributed by atoms with Gasteiger partial charge in [-0.3, -0.25) is 4.79 Å². The molecule has 25 heavy (non-hydrogen) atoms. The number of aryl methyl sites for hydroxylation is 1. The Balaban J connectivity index is 1.83. The van der Waals surface area contributed by atoms with Crippen LogP contribution in [-0.4, -0.2) is 29.9 Å². The number of benzene rings is 2. The molecule has 1 heterocycles. The minimum atomic E-state index is -3.64. The summed E-state index contributed by atoms with van der Waals surface area (Å²) < 4.78 is 43.2. The van der Waals surface area contributed by atoms with Crippen LogP contribution in [-0.2, 0) is 10.7 Å². The van der Waals surface area contributed by atoms with Crippen molar-refractivity contribution in [3.63, 3.8) is 0 Å². The minimum Gasteiger partial charge on any atom is -0.335 e. The summed E-state index contributed by atoms with van der Waals surface area (Å²) in [5.74, 6) is -5.89. The van der Waals surface area contributed by atoms with Crippen LogP contribution in [0.25, 0.3) is 0 Å². The van der Waals surface area contributed by atoms with Gasteiger partial charge in [-0.15, -0.1) is 0 Å². The fourth-order valence-corrected chi connectivity index (χ4v) is 3.26. The van der Waals surface area contributed by atoms with E-state index in [0.29, 0.717) is 11.1 Å². The van der Waals surface area contributed by atoms with E-state index in [1.807, 2.05) is 0 Å². The summed E-state index contributed by atoms with van der Waals surface area (Å²) in [6.45, 7) is 1.63. The van der Waals surface area contributed by atoms with Crippen molar-refractivity contribution in [1.29, 1.82) is 0 Å². The third-order valence-electron chi connectivity index (χ3n) is 4.61. The molecule has 0 aliphatic carbocycles. The number of amides is 1. The standard InChI is InChI=1S/C19H19F3N2O/c1-12-5-4-6-13(9-12)19(21,22)18(25)24-10-15(17(23)11-24)14-7-2-3-8-16(14)20/h2-9,15,17H,10-11,23H2,1H3/t15-,17+/m0/s1. The Bertz CT molecular complexity index is 794. The van der Waals surface area contributed by atoms with Crippen molar-refractivity contribution in [2.24, 2.45) is 5.73 Å². The van der Waals surface area contributed by atoms with Crippen molar-refractivity contribution in [2.45, 2.75) is 24.8 Å². The predicted octanol–water partition coefficient (Wildman–Crippen LogP) is 3.18. The molecule has 2 N–H and O–H groups in total. The van der Waals surface area contributed by atoms with Crippen molar-refractivity contribution in [2.75, 3.05) is 13.1 Å². The van der Waals surface area contributed by atoms with Gasteiger partial charge in [-0.2, -0.15) is 8.78 Å². The minimum absolute atomic E-state index is 0.0255. The molecule has 1 aliphatic rings. The Kier molecular flexibility index (Phi) is 4.56. The van der Waals surface area contributed by atoms with Crippen LogP contribution in [0, 0.1) is 12.7 Å². The monoisotopic (exact) mass is 348 g/mol. The van der Waals surface area contributed by atoms with Gasteiger partial charge in [0.15, 0.2) is 0 Å². The number of carbonyl (C=O) groups excluding carboxylic acids is 1. The zero-order valence-electron chi connectivity index (χ0n) is 13.8. The number of alkyl halides is 2. The van der Waals surface area contributed by atoms with Gasteiger partial charge < -0.3 is 10.6 Å². The van der Waals surface area contributed by atoms with E-state index in [0.717, 1.165) is 4.90 Å². The molecule has 2 atom stereocenters. The summed E-state index contributed by atoms with van der Waals surface area (Å²) in [5, 5.41) is 0. The molecule has 0 spiro atoms. The highest BCUT2D eigenvalue weighted by Crippen LogP contribution is 2.35. The van der Waals surface area contributed by atoms with E-state index in [2.05, 4.69) is 0 Å². The Morgan fingerprint density at radius 1 is 1.16 bits per heavy atom. The SMILES string of the molecule is Cc1cccc(C(F)(F)C(=O)N2C[C@@H](N)[C@H](c3ccccc3F)C2)c1. The van der Waals surface area contributed by atoms with Crippen molar-refractivity contribution < 1.29 is 18.0 Å². The third kappa shape index (κ3) is 3.26. The highest BCUT2D eigenvalue weighted by molar-refractivity contribution is 5.85. The van der Waals surface area contributed by atoms with E-state index in [1.165, 1.54) is 24.3 Å². The van der Waals surface area contributed by atoms with Crippen molar-refractivity contribution in [3.05, 3.63) is 71.0 Å². The summed E-state index contributed by atoms with van der Waals surface area (Å²) in [6, 6.07) is 11.2. The van der Waals surface area contributed by atoms with Crippen LogP contribution >= 0.6 is 0 Å². The zero-order valence-corrected chi connectivity index (χ0v) is 13.8. The van der Waals surface area contributed by atoms with Crippen LogP contribution in [0.1, 0.15) is 22.6 Å². The average Bonchev–Trinajstić information content (AvgIpc) is 2.96. The topological polar surface area (TPSA) is 46.3 Å². The largest absolute Gasteiger partial charge is 0.349 e. The first-order valence-electron chi connectivity index (χ1n) is 8.05. The molecule has 3 rings (SSSR count). The molecule has 1 aliphatic heterocycles. The number of rotatable bonds is 3. The summed E-state index contributed by atoms with van der Waals surface area (Å²) >= 11 is 0. The molecule has 0 aromatic heterocycles. The fourth-order valence-electron chi connectivity index (χ4n) is 3.26. The lowest BCUT2D eigenvalue weighted by molar-refractivity contribution is -0.157. The van der Waals surface area contributed by atoms with Gasteiger partial charge >= 0.3 is 5.92 Å². The van der Waals surface area contributed by atoms with Gasteiger partial charge in [0.1, 0.15) is 5.82 Å². The molecule has 0 saturated carbocycles. The molecule has 1 saturated heterocycles. The van der Waals surface area contributed by atoms with Crippen molar-refractivity contribution in [3.8, 4) is 0 Å². The lowest BCUT2D eigenvalue weighted by atomic mass is 9.94. The Labute approximate surface area is 144 Å². The van der Waals surface area contributed by atoms with Gasteiger partial charge in [-0.25, -0.2) is 4.39 Å². The number of carbonyl (C=O) groups is 1. The summed E-state index contributed by atoms with van der Waals surface area (Å²) in [4.78, 5) is 13.4. The molecule has 0 radical (unpaired) electrons. The predicted molar refractivity (Wildman–Crippen MR) is 88.8 cm³/mol. The number of nitrogens with two attached hydrogens (primary N) is 1. The molecule has 6 heteroatoms. The van der Waals surface area contributed by atoms with Gasteiger partial charge in [0.2, 0.25) is 0 Å². The maximum Gasteiger partial charge on any atom is 0.349 e. The van der Waals surface area contributed by atoms with E-state index < -0.39 is 29.6 Å². The highest BCUT2D eigenvalue weighted by Gasteiger charge is 2.47. The normalized spacial score (nSPS) is 20.8. The third-order valence-corrected chi connectivity index (χ3v) is 4.61. The first-order valence-corrected chi connectivity index (χ1v) is 8.05. The van der Waals surface area contributed by atoms with Crippen LogP contribution in [0.4, 0.5) is 13.2 Å². The van der Waals surface area contributed by atoms with Gasteiger partial charge in [0, 0.05) is 30.6 Å². The summed E-state index contributed by atoms with van der Waals surface area (Å²) in [7, 11) is 0. The van der Waals surface area contributed by atoms with Crippen molar-refractivity contribution in [1.82, 2.24) is 4.90 Å². The summed E-state index contributed by atoms with van der Waals surface area (Å²) in [6.07, 6.45) is 0. The molecule has 1 amide bonds. The Morgan fingerprint density at radius 3 is 2.56 bits per heavy atom. The zero-order chi connectivity index (χ0) is 18.2. The first-order chi connectivity index (χ1) is 11.8. The molecule has 0 bridgehead atoms. The maximum atomic E-state index is 14.6. The molecule has 2 aromatic rings. The molecule has 2 aromatic carbocycles. The number of likely N-dealkylation sites (tertiary alicyclic amines) is 1. The molecule has 132 valence electrons. The van der Waals surface area contributed by atoms with Crippen LogP contribution < -0.4 is 5.73 Å². The lowest BCUT2D eigenvalue weighted by Crippen LogP contribution is -2.41. The molecule has 3 nitrogen and oxygen atoms in total. The Hall–Kier alpha value is -2.34. The second-order valence-electron chi connectivity index (χ2n) is 6.45. The molecule has 1 fully saturated rings. The number of nitrogens with zero attached hydrogens (tertiary/aromatic N) is 1. The van der Waals surface area contributed by atoms with Crippen LogP contribution in [0.5, 0.6) is 0 Å². The average molecular weight is 348 g/mol. The van der Waals surface area contributed by atoms with E-state index in [1.54, 1.807) is 31.2 Å². The quantitative estimate of drug-likeness (QED) is 0.926. The second-order valence-corrected chi connectivity index (χ2v) is 6.45. The summed E-state index contributed by atoms with van der Waals surface area (Å²) in [5.41, 5.74) is 6.66. The lowest BCUT2D eigenvalue weighted by Gasteiger charge is -2.23. The van der Waals surface area contributed by atoms with Crippen LogP contribution in [0.15, 0.2) is 48.5 Å². The van der Waals surface area contributed by atoms with Crippen LogP contribution in [0.3, 0.4) is 0 Å². The maximum absolute atomic E-state index is 14.6.